The van der Waals surface area contributed by atoms with Crippen molar-refractivity contribution in [1.29, 1.82) is 0 Å². The quantitative estimate of drug-likeness (QED) is 0.337. The van der Waals surface area contributed by atoms with Crippen LogP contribution in [0.4, 0.5) is 0 Å². The summed E-state index contributed by atoms with van der Waals surface area (Å²) in [5.74, 6) is 0.200. The molecule has 2 heteroatoms. The standard InChI is InChI=1S/C15H28O2/c1-5-8-9-10-12-14(13(4)11-6-2)15(16)17-7-3/h12-13H,5-11H2,1-4H3. The molecule has 0 radical (unpaired) electrons. The van der Waals surface area contributed by atoms with Crippen LogP contribution >= 0.6 is 0 Å². The Kier molecular flexibility index (Phi) is 9.89. The lowest BCUT2D eigenvalue weighted by molar-refractivity contribution is -0.139. The predicted octanol–water partition coefficient (Wildman–Crippen LogP) is 4.49. The minimum atomic E-state index is -0.120. The molecule has 0 saturated carbocycles. The molecule has 0 aliphatic carbocycles. The molecular formula is C15H28O2. The molecule has 0 aromatic heterocycles. The zero-order valence-electron chi connectivity index (χ0n) is 11.9. The van der Waals surface area contributed by atoms with Gasteiger partial charge in [-0.25, -0.2) is 4.79 Å². The van der Waals surface area contributed by atoms with Crippen molar-refractivity contribution in [2.45, 2.75) is 66.2 Å². The normalized spacial score (nSPS) is 13.5. The molecule has 0 aromatic carbocycles. The lowest BCUT2D eigenvalue weighted by Crippen LogP contribution is -2.14. The third kappa shape index (κ3) is 7.19. The molecule has 100 valence electrons. The summed E-state index contributed by atoms with van der Waals surface area (Å²) in [6, 6.07) is 0. The molecule has 0 heterocycles. The highest BCUT2D eigenvalue weighted by Crippen LogP contribution is 2.19. The highest BCUT2D eigenvalue weighted by Gasteiger charge is 2.16. The number of carbonyl (C=O) groups is 1. The minimum Gasteiger partial charge on any atom is -0.463 e. The van der Waals surface area contributed by atoms with E-state index >= 15 is 0 Å². The van der Waals surface area contributed by atoms with Gasteiger partial charge in [0.1, 0.15) is 0 Å². The third-order valence-corrected chi connectivity index (χ3v) is 2.94. The third-order valence-electron chi connectivity index (χ3n) is 2.94. The van der Waals surface area contributed by atoms with Crippen LogP contribution in [0.5, 0.6) is 0 Å². The van der Waals surface area contributed by atoms with Crippen molar-refractivity contribution >= 4 is 5.97 Å². The second-order valence-electron chi connectivity index (χ2n) is 4.57. The Hall–Kier alpha value is -0.790. The molecule has 0 aliphatic rings. The zero-order valence-corrected chi connectivity index (χ0v) is 11.9. The molecule has 0 saturated heterocycles. The van der Waals surface area contributed by atoms with Gasteiger partial charge in [0, 0.05) is 5.57 Å². The van der Waals surface area contributed by atoms with Gasteiger partial charge in [0.15, 0.2) is 0 Å². The van der Waals surface area contributed by atoms with E-state index in [1.807, 2.05) is 6.92 Å². The first-order chi connectivity index (χ1) is 8.17. The number of esters is 1. The summed E-state index contributed by atoms with van der Waals surface area (Å²) in [5.41, 5.74) is 0.879. The molecule has 1 atom stereocenters. The number of rotatable bonds is 9. The fraction of sp³-hybridized carbons (Fsp3) is 0.800. The molecule has 0 spiro atoms. The lowest BCUT2D eigenvalue weighted by Gasteiger charge is -2.14. The van der Waals surface area contributed by atoms with Crippen LogP contribution in [0.15, 0.2) is 11.6 Å². The molecule has 0 bridgehead atoms. The molecule has 0 aliphatic heterocycles. The van der Waals surface area contributed by atoms with Gasteiger partial charge in [-0.3, -0.25) is 0 Å². The van der Waals surface area contributed by atoms with Crippen molar-refractivity contribution in [1.82, 2.24) is 0 Å². The Balaban J connectivity index is 4.42. The van der Waals surface area contributed by atoms with Crippen molar-refractivity contribution in [2.75, 3.05) is 6.61 Å². The Morgan fingerprint density at radius 3 is 2.41 bits per heavy atom. The molecule has 1 unspecified atom stereocenters. The number of ether oxygens (including phenoxy) is 1. The van der Waals surface area contributed by atoms with E-state index in [1.165, 1.54) is 12.8 Å². The number of allylic oxidation sites excluding steroid dienone is 1. The van der Waals surface area contributed by atoms with Crippen LogP contribution in [0.25, 0.3) is 0 Å². The van der Waals surface area contributed by atoms with Crippen molar-refractivity contribution in [2.24, 2.45) is 5.92 Å². The maximum atomic E-state index is 11.8. The average Bonchev–Trinajstić information content (AvgIpc) is 2.29. The lowest BCUT2D eigenvalue weighted by atomic mass is 9.95. The van der Waals surface area contributed by atoms with Crippen LogP contribution in [0.2, 0.25) is 0 Å². The van der Waals surface area contributed by atoms with Crippen LogP contribution in [0.1, 0.15) is 66.2 Å². The molecule has 0 fully saturated rings. The number of unbranched alkanes of at least 4 members (excludes halogenated alkanes) is 3. The van der Waals surface area contributed by atoms with Gasteiger partial charge in [-0.15, -0.1) is 0 Å². The van der Waals surface area contributed by atoms with Gasteiger partial charge in [-0.2, -0.15) is 0 Å². The second-order valence-corrected chi connectivity index (χ2v) is 4.57. The zero-order chi connectivity index (χ0) is 13.1. The van der Waals surface area contributed by atoms with E-state index in [1.54, 1.807) is 0 Å². The summed E-state index contributed by atoms with van der Waals surface area (Å²) in [5, 5.41) is 0. The van der Waals surface area contributed by atoms with Crippen molar-refractivity contribution in [3.8, 4) is 0 Å². The summed E-state index contributed by atoms with van der Waals surface area (Å²) in [6.07, 6.45) is 8.86. The van der Waals surface area contributed by atoms with Gasteiger partial charge in [0.25, 0.3) is 0 Å². The first kappa shape index (κ1) is 16.2. The predicted molar refractivity (Wildman–Crippen MR) is 72.9 cm³/mol. The summed E-state index contributed by atoms with van der Waals surface area (Å²) in [4.78, 5) is 11.8. The molecule has 0 amide bonds. The first-order valence-corrected chi connectivity index (χ1v) is 7.04. The summed E-state index contributed by atoms with van der Waals surface area (Å²) in [6.45, 7) is 8.78. The van der Waals surface area contributed by atoms with E-state index in [0.29, 0.717) is 12.5 Å². The van der Waals surface area contributed by atoms with Gasteiger partial charge < -0.3 is 4.74 Å². The van der Waals surface area contributed by atoms with Crippen molar-refractivity contribution < 1.29 is 9.53 Å². The van der Waals surface area contributed by atoms with Crippen LogP contribution in [0.3, 0.4) is 0 Å². The molecule has 0 aromatic rings. The first-order valence-electron chi connectivity index (χ1n) is 7.04. The molecule has 17 heavy (non-hydrogen) atoms. The van der Waals surface area contributed by atoms with Crippen molar-refractivity contribution in [3.63, 3.8) is 0 Å². The topological polar surface area (TPSA) is 26.3 Å². The van der Waals surface area contributed by atoms with Crippen LogP contribution < -0.4 is 0 Å². The fourth-order valence-electron chi connectivity index (χ4n) is 1.94. The largest absolute Gasteiger partial charge is 0.463 e. The van der Waals surface area contributed by atoms with Gasteiger partial charge in [0.05, 0.1) is 6.61 Å². The summed E-state index contributed by atoms with van der Waals surface area (Å²) in [7, 11) is 0. The molecule has 0 N–H and O–H groups in total. The maximum Gasteiger partial charge on any atom is 0.333 e. The van der Waals surface area contributed by atoms with Gasteiger partial charge >= 0.3 is 5.97 Å². The minimum absolute atomic E-state index is 0.120. The fourth-order valence-corrected chi connectivity index (χ4v) is 1.94. The monoisotopic (exact) mass is 240 g/mol. The van der Waals surface area contributed by atoms with E-state index in [2.05, 4.69) is 26.8 Å². The highest BCUT2D eigenvalue weighted by atomic mass is 16.5. The van der Waals surface area contributed by atoms with Gasteiger partial charge in [0.2, 0.25) is 0 Å². The van der Waals surface area contributed by atoms with E-state index in [-0.39, 0.29) is 5.97 Å². The summed E-state index contributed by atoms with van der Waals surface area (Å²) < 4.78 is 5.12. The smallest absolute Gasteiger partial charge is 0.333 e. The number of hydrogen-bond acceptors (Lipinski definition) is 2. The maximum absolute atomic E-state index is 11.8. The SMILES string of the molecule is CCCCCC=C(C(=O)OCC)C(C)CCC. The molecule has 0 rings (SSSR count). The second kappa shape index (κ2) is 10.4. The van der Waals surface area contributed by atoms with Crippen LogP contribution in [0, 0.1) is 5.92 Å². The van der Waals surface area contributed by atoms with Crippen LogP contribution in [-0.2, 0) is 9.53 Å². The van der Waals surface area contributed by atoms with E-state index in [9.17, 15) is 4.79 Å². The Morgan fingerprint density at radius 1 is 1.18 bits per heavy atom. The average molecular weight is 240 g/mol. The van der Waals surface area contributed by atoms with Gasteiger partial charge in [-0.1, -0.05) is 46.1 Å². The number of carbonyl (C=O) groups excluding carboxylic acids is 1. The van der Waals surface area contributed by atoms with Crippen molar-refractivity contribution in [3.05, 3.63) is 11.6 Å². The van der Waals surface area contributed by atoms with E-state index in [0.717, 1.165) is 31.3 Å². The Bertz CT molecular complexity index is 231. The highest BCUT2D eigenvalue weighted by molar-refractivity contribution is 5.88. The molecule has 2 nitrogen and oxygen atoms in total. The van der Waals surface area contributed by atoms with Gasteiger partial charge in [-0.05, 0) is 32.1 Å². The van der Waals surface area contributed by atoms with Crippen LogP contribution in [-0.4, -0.2) is 12.6 Å². The van der Waals surface area contributed by atoms with E-state index < -0.39 is 0 Å². The summed E-state index contributed by atoms with van der Waals surface area (Å²) >= 11 is 0. The Morgan fingerprint density at radius 2 is 1.88 bits per heavy atom. The Labute approximate surface area is 106 Å². The number of hydrogen-bond donors (Lipinski definition) is 0. The van der Waals surface area contributed by atoms with E-state index in [4.69, 9.17) is 4.74 Å². The molecular weight excluding hydrogens is 212 g/mol.